The van der Waals surface area contributed by atoms with Gasteiger partial charge in [0.1, 0.15) is 0 Å². The molecule has 112 valence electrons. The molecule has 0 amide bonds. The zero-order valence-electron chi connectivity index (χ0n) is 11.3. The lowest BCUT2D eigenvalue weighted by molar-refractivity contribution is -0.0203. The molecule has 8 nitrogen and oxygen atoms in total. The monoisotopic (exact) mass is 298 g/mol. The van der Waals surface area contributed by atoms with E-state index in [4.69, 9.17) is 9.05 Å². The Morgan fingerprint density at radius 3 is 1.53 bits per heavy atom. The Balaban J connectivity index is 3.32. The van der Waals surface area contributed by atoms with Crippen LogP contribution in [0.4, 0.5) is 9.59 Å². The Morgan fingerprint density at radius 1 is 0.842 bits per heavy atom. The zero-order valence-corrected chi connectivity index (χ0v) is 12.3. The first-order valence-corrected chi connectivity index (χ1v) is 6.38. The fourth-order valence-electron chi connectivity index (χ4n) is 0.698. The van der Waals surface area contributed by atoms with Crippen molar-refractivity contribution >= 4 is 21.3 Å². The van der Waals surface area contributed by atoms with E-state index in [0.717, 1.165) is 0 Å². The lowest BCUT2D eigenvalue weighted by atomic mass is 10.5. The quantitative estimate of drug-likeness (QED) is 0.292. The molecule has 0 aliphatic carbocycles. The van der Waals surface area contributed by atoms with Gasteiger partial charge < -0.3 is 18.9 Å². The number of carbonyl (C=O) groups is 2. The van der Waals surface area contributed by atoms with Gasteiger partial charge >= 0.3 is 12.3 Å². The summed E-state index contributed by atoms with van der Waals surface area (Å²) >= 11 is 0. The molecule has 0 fully saturated rings. The molecule has 0 saturated carbocycles. The number of hydrogen-bond acceptors (Lipinski definition) is 8. The second kappa shape index (κ2) is 10.8. The van der Waals surface area contributed by atoms with Gasteiger partial charge in [-0.2, -0.15) is 0 Å². The summed E-state index contributed by atoms with van der Waals surface area (Å²) in [4.78, 5) is 21.8. The van der Waals surface area contributed by atoms with Crippen molar-refractivity contribution in [2.75, 3.05) is 13.6 Å². The minimum atomic E-state index is -0.823. The maximum absolute atomic E-state index is 10.9. The van der Waals surface area contributed by atoms with Crippen LogP contribution in [-0.4, -0.2) is 38.1 Å². The number of rotatable bonds is 8. The molecule has 9 heteroatoms. The highest BCUT2D eigenvalue weighted by molar-refractivity contribution is 7.26. The van der Waals surface area contributed by atoms with Crippen LogP contribution in [0.3, 0.4) is 0 Å². The largest absolute Gasteiger partial charge is 0.510 e. The maximum Gasteiger partial charge on any atom is 0.510 e. The number of hydrogen-bond donors (Lipinski definition) is 0. The highest BCUT2D eigenvalue weighted by Crippen LogP contribution is 2.13. The molecule has 0 saturated heterocycles. The minimum Gasteiger partial charge on any atom is -0.432 e. The molecule has 0 aromatic rings. The van der Waals surface area contributed by atoms with Crippen LogP contribution in [0, 0.1) is 0 Å². The molecule has 0 heterocycles. The average Bonchev–Trinajstić information content (AvgIpc) is 2.25. The molecule has 0 aliphatic rings. The third-order valence-electron chi connectivity index (χ3n) is 1.25. The first-order valence-electron chi connectivity index (χ1n) is 5.57. The van der Waals surface area contributed by atoms with E-state index in [1.807, 2.05) is 0 Å². The van der Waals surface area contributed by atoms with Crippen LogP contribution < -0.4 is 0 Å². The first kappa shape index (κ1) is 17.9. The second-order valence-electron chi connectivity index (χ2n) is 3.73. The van der Waals surface area contributed by atoms with Gasteiger partial charge in [0, 0.05) is 0 Å². The number of ether oxygens (including phenoxy) is 4. The van der Waals surface area contributed by atoms with E-state index < -0.39 is 21.3 Å². The van der Waals surface area contributed by atoms with E-state index in [1.165, 1.54) is 0 Å². The van der Waals surface area contributed by atoms with Crippen molar-refractivity contribution in [1.29, 1.82) is 0 Å². The molecule has 0 rings (SSSR count). The van der Waals surface area contributed by atoms with E-state index in [-0.39, 0.29) is 25.8 Å². The van der Waals surface area contributed by atoms with Crippen molar-refractivity contribution in [2.45, 2.75) is 39.9 Å². The highest BCUT2D eigenvalue weighted by Gasteiger charge is 2.07. The van der Waals surface area contributed by atoms with Crippen molar-refractivity contribution in [3.8, 4) is 0 Å². The van der Waals surface area contributed by atoms with Crippen LogP contribution in [0.1, 0.15) is 27.7 Å². The standard InChI is InChI=1S/C10H19O8P/c1-7(2)17-9(11)13-5-15-19-16-6-14-10(12)18-8(3)4/h7-8,19H,5-6H2,1-4H3. The first-order chi connectivity index (χ1) is 8.91. The van der Waals surface area contributed by atoms with Crippen molar-refractivity contribution in [3.63, 3.8) is 0 Å². The van der Waals surface area contributed by atoms with Crippen LogP contribution in [0.15, 0.2) is 0 Å². The normalized spacial score (nSPS) is 10.4. The molecule has 0 aliphatic heterocycles. The Morgan fingerprint density at radius 2 is 1.21 bits per heavy atom. The molecule has 0 aromatic heterocycles. The predicted molar refractivity (Wildman–Crippen MR) is 65.6 cm³/mol. The predicted octanol–water partition coefficient (Wildman–Crippen LogP) is 2.57. The van der Waals surface area contributed by atoms with Gasteiger partial charge in [0.05, 0.1) is 12.2 Å². The van der Waals surface area contributed by atoms with Crippen molar-refractivity contribution < 1.29 is 37.6 Å². The SMILES string of the molecule is CC(C)OC(=O)OCOPOCOC(=O)OC(C)C. The van der Waals surface area contributed by atoms with Gasteiger partial charge in [-0.15, -0.1) is 0 Å². The van der Waals surface area contributed by atoms with Gasteiger partial charge in [0.2, 0.25) is 13.6 Å². The summed E-state index contributed by atoms with van der Waals surface area (Å²) in [5.74, 6) is 0. The molecule has 0 bridgehead atoms. The Bertz CT molecular complexity index is 242. The molecule has 19 heavy (non-hydrogen) atoms. The molecular formula is C10H19O8P. The Kier molecular flexibility index (Phi) is 10.1. The minimum absolute atomic E-state index is 0.258. The van der Waals surface area contributed by atoms with Crippen LogP contribution in [0.2, 0.25) is 0 Å². The summed E-state index contributed by atoms with van der Waals surface area (Å²) in [6, 6.07) is 0. The fourth-order valence-corrected chi connectivity index (χ4v) is 0.995. The lowest BCUT2D eigenvalue weighted by Crippen LogP contribution is -2.14. The molecule has 0 radical (unpaired) electrons. The molecule has 0 aromatic carbocycles. The third-order valence-corrected chi connectivity index (χ3v) is 1.72. The summed E-state index contributed by atoms with van der Waals surface area (Å²) < 4.78 is 28.0. The molecule has 0 atom stereocenters. The summed E-state index contributed by atoms with van der Waals surface area (Å²) in [7, 11) is -0.442. The van der Waals surface area contributed by atoms with Gasteiger partial charge in [-0.1, -0.05) is 0 Å². The van der Waals surface area contributed by atoms with Gasteiger partial charge in [-0.05, 0) is 27.7 Å². The van der Waals surface area contributed by atoms with Crippen molar-refractivity contribution in [3.05, 3.63) is 0 Å². The van der Waals surface area contributed by atoms with Crippen LogP contribution in [-0.2, 0) is 28.0 Å². The van der Waals surface area contributed by atoms with Crippen LogP contribution in [0.5, 0.6) is 0 Å². The van der Waals surface area contributed by atoms with E-state index in [1.54, 1.807) is 27.7 Å². The molecule has 0 N–H and O–H groups in total. The summed E-state index contributed by atoms with van der Waals surface area (Å²) in [5, 5.41) is 0. The Hall–Kier alpha value is -1.11. The van der Waals surface area contributed by atoms with Gasteiger partial charge in [-0.25, -0.2) is 9.59 Å². The third kappa shape index (κ3) is 13.1. The highest BCUT2D eigenvalue weighted by atomic mass is 31.1. The van der Waals surface area contributed by atoms with Crippen molar-refractivity contribution in [1.82, 2.24) is 0 Å². The topological polar surface area (TPSA) is 89.5 Å². The average molecular weight is 298 g/mol. The summed E-state index contributed by atoms with van der Waals surface area (Å²) in [6.07, 6.45) is -2.16. The zero-order chi connectivity index (χ0) is 14.7. The Labute approximate surface area is 113 Å². The summed E-state index contributed by atoms with van der Waals surface area (Å²) in [5.41, 5.74) is 0. The smallest absolute Gasteiger partial charge is 0.432 e. The van der Waals surface area contributed by atoms with E-state index in [2.05, 4.69) is 18.9 Å². The summed E-state index contributed by atoms with van der Waals surface area (Å²) in [6.45, 7) is 6.17. The van der Waals surface area contributed by atoms with E-state index in [0.29, 0.717) is 0 Å². The van der Waals surface area contributed by atoms with Gasteiger partial charge in [-0.3, -0.25) is 9.05 Å². The van der Waals surface area contributed by atoms with Gasteiger partial charge in [0.15, 0.2) is 9.03 Å². The van der Waals surface area contributed by atoms with Crippen LogP contribution >= 0.6 is 9.03 Å². The van der Waals surface area contributed by atoms with E-state index in [9.17, 15) is 9.59 Å². The van der Waals surface area contributed by atoms with E-state index >= 15 is 0 Å². The second-order valence-corrected chi connectivity index (χ2v) is 4.47. The maximum atomic E-state index is 10.9. The molecule has 0 unspecified atom stereocenters. The molecule has 0 spiro atoms. The molecular weight excluding hydrogens is 279 g/mol. The number of carbonyl (C=O) groups excluding carboxylic acids is 2. The lowest BCUT2D eigenvalue weighted by Gasteiger charge is -2.09. The van der Waals surface area contributed by atoms with Crippen LogP contribution in [0.25, 0.3) is 0 Å². The van der Waals surface area contributed by atoms with Crippen molar-refractivity contribution in [2.24, 2.45) is 0 Å². The fraction of sp³-hybridized carbons (Fsp3) is 0.800. The van der Waals surface area contributed by atoms with Gasteiger partial charge in [0.25, 0.3) is 0 Å².